The monoisotopic (exact) mass is 416 g/mol. The Balaban J connectivity index is 1.31. The third-order valence-electron chi connectivity index (χ3n) is 7.19. The molecule has 4 fully saturated rings. The first-order valence-electron chi connectivity index (χ1n) is 10.9. The fraction of sp³-hybridized carbons (Fsp3) is 0.478. The third kappa shape index (κ3) is 3.12. The second-order valence-electron chi connectivity index (χ2n) is 9.65. The molecule has 1 N–H and O–H groups in total. The molecule has 4 aliphatic rings. The van der Waals surface area contributed by atoms with Gasteiger partial charge in [-0.1, -0.05) is 6.07 Å². The Labute approximate surface area is 179 Å². The van der Waals surface area contributed by atoms with Gasteiger partial charge in [-0.3, -0.25) is 14.8 Å². The summed E-state index contributed by atoms with van der Waals surface area (Å²) >= 11 is 0. The lowest BCUT2D eigenvalue weighted by atomic mass is 9.46. The molecule has 2 atom stereocenters. The lowest BCUT2D eigenvalue weighted by Gasteiger charge is -2.60. The highest BCUT2D eigenvalue weighted by Gasteiger charge is 2.60. The zero-order chi connectivity index (χ0) is 21.1. The molecule has 8 nitrogen and oxygen atoms in total. The Kier molecular flexibility index (Phi) is 4.00. The smallest absolute Gasteiger partial charge is 0.271 e. The van der Waals surface area contributed by atoms with Gasteiger partial charge < -0.3 is 9.73 Å². The van der Waals surface area contributed by atoms with Gasteiger partial charge in [-0.2, -0.15) is 0 Å². The first-order valence-corrected chi connectivity index (χ1v) is 10.9. The van der Waals surface area contributed by atoms with Crippen molar-refractivity contribution in [1.29, 1.82) is 0 Å². The number of hydrogen-bond acceptors (Lipinski definition) is 7. The molecule has 3 aromatic heterocycles. The van der Waals surface area contributed by atoms with Gasteiger partial charge in [0.05, 0.1) is 17.3 Å². The van der Waals surface area contributed by atoms with Crippen LogP contribution in [0.4, 0.5) is 0 Å². The summed E-state index contributed by atoms with van der Waals surface area (Å²) in [7, 11) is 0. The molecule has 3 heterocycles. The van der Waals surface area contributed by atoms with Crippen LogP contribution in [-0.2, 0) is 5.41 Å². The summed E-state index contributed by atoms with van der Waals surface area (Å²) in [5, 5.41) is 12.1. The summed E-state index contributed by atoms with van der Waals surface area (Å²) in [5.41, 5.74) is 1.36. The van der Waals surface area contributed by atoms with E-state index in [1.54, 1.807) is 12.4 Å². The number of aryl methyl sites for hydroxylation is 1. The van der Waals surface area contributed by atoms with Crippen LogP contribution in [0.1, 0.15) is 60.6 Å². The van der Waals surface area contributed by atoms with Crippen molar-refractivity contribution in [1.82, 2.24) is 30.5 Å². The summed E-state index contributed by atoms with van der Waals surface area (Å²) in [5.74, 6) is 2.11. The standard InChI is InChI=1S/C23H24N6O2/c1-14-11-24-12-18(26-14)19(30)27-23-9-15-6-16(10-23)8-22(7-15,13-23)21-29-28-20(31-21)17-4-2-3-5-25-17/h2-5,11-12,15-16H,6-10,13H2,1H3,(H,27,30). The van der Waals surface area contributed by atoms with Crippen molar-refractivity contribution in [2.45, 2.75) is 56.4 Å². The second kappa shape index (κ2) is 6.67. The molecule has 1 amide bonds. The molecule has 0 radical (unpaired) electrons. The minimum Gasteiger partial charge on any atom is -0.419 e. The molecule has 3 aromatic rings. The fourth-order valence-corrected chi connectivity index (χ4v) is 6.57. The van der Waals surface area contributed by atoms with E-state index in [1.165, 1.54) is 12.6 Å². The third-order valence-corrected chi connectivity index (χ3v) is 7.19. The van der Waals surface area contributed by atoms with E-state index < -0.39 is 0 Å². The van der Waals surface area contributed by atoms with E-state index in [0.29, 0.717) is 35.0 Å². The Morgan fingerprint density at radius 2 is 1.97 bits per heavy atom. The predicted octanol–water partition coefficient (Wildman–Crippen LogP) is 3.25. The topological polar surface area (TPSA) is 107 Å². The molecule has 4 aliphatic carbocycles. The number of pyridine rings is 1. The van der Waals surface area contributed by atoms with Crippen molar-refractivity contribution in [3.05, 3.63) is 54.1 Å². The van der Waals surface area contributed by atoms with Crippen molar-refractivity contribution in [3.8, 4) is 11.6 Å². The van der Waals surface area contributed by atoms with Crippen molar-refractivity contribution in [2.24, 2.45) is 11.8 Å². The number of aromatic nitrogens is 5. The number of carbonyl (C=O) groups is 1. The minimum absolute atomic E-state index is 0.145. The van der Waals surface area contributed by atoms with Gasteiger partial charge >= 0.3 is 0 Å². The second-order valence-corrected chi connectivity index (χ2v) is 9.65. The van der Waals surface area contributed by atoms with Crippen LogP contribution in [0.5, 0.6) is 0 Å². The molecule has 8 heteroatoms. The lowest BCUT2D eigenvalue weighted by Crippen LogP contribution is -2.64. The van der Waals surface area contributed by atoms with Gasteiger partial charge in [-0.05, 0) is 69.4 Å². The Morgan fingerprint density at radius 1 is 1.13 bits per heavy atom. The number of carbonyl (C=O) groups excluding carboxylic acids is 1. The molecule has 4 bridgehead atoms. The van der Waals surface area contributed by atoms with Crippen LogP contribution in [0.2, 0.25) is 0 Å². The van der Waals surface area contributed by atoms with Crippen LogP contribution in [0.3, 0.4) is 0 Å². The molecule has 0 spiro atoms. The summed E-state index contributed by atoms with van der Waals surface area (Å²) in [4.78, 5) is 25.9. The first-order chi connectivity index (χ1) is 15.0. The van der Waals surface area contributed by atoms with Crippen LogP contribution in [-0.4, -0.2) is 36.6 Å². The minimum atomic E-state index is -0.258. The molecule has 158 valence electrons. The van der Waals surface area contributed by atoms with Gasteiger partial charge in [-0.25, -0.2) is 4.98 Å². The average Bonchev–Trinajstić information content (AvgIpc) is 3.24. The number of nitrogens with one attached hydrogen (secondary N) is 1. The van der Waals surface area contributed by atoms with Gasteiger partial charge in [0.1, 0.15) is 11.4 Å². The van der Waals surface area contributed by atoms with Crippen LogP contribution in [0.15, 0.2) is 41.2 Å². The van der Waals surface area contributed by atoms with Crippen molar-refractivity contribution < 1.29 is 9.21 Å². The number of nitrogens with zero attached hydrogens (tertiary/aromatic N) is 5. The molecular weight excluding hydrogens is 392 g/mol. The Morgan fingerprint density at radius 3 is 2.71 bits per heavy atom. The number of hydrogen-bond donors (Lipinski definition) is 1. The SMILES string of the molecule is Cc1cncc(C(=O)NC23CC4CC(C2)CC(c2nnc(-c5ccccn5)o2)(C4)C3)n1. The maximum atomic E-state index is 13.0. The Hall–Kier alpha value is -3.16. The molecule has 7 rings (SSSR count). The van der Waals surface area contributed by atoms with Crippen molar-refractivity contribution in [2.75, 3.05) is 0 Å². The lowest BCUT2D eigenvalue weighted by molar-refractivity contribution is -0.0471. The molecular formula is C23H24N6O2. The van der Waals surface area contributed by atoms with Gasteiger partial charge in [0.25, 0.3) is 11.8 Å². The van der Waals surface area contributed by atoms with E-state index >= 15 is 0 Å². The van der Waals surface area contributed by atoms with E-state index in [1.807, 2.05) is 25.1 Å². The van der Waals surface area contributed by atoms with E-state index in [4.69, 9.17) is 4.42 Å². The highest BCUT2D eigenvalue weighted by atomic mass is 16.4. The fourth-order valence-electron chi connectivity index (χ4n) is 6.57. The van der Waals surface area contributed by atoms with E-state index in [9.17, 15) is 4.79 Å². The summed E-state index contributed by atoms with van der Waals surface area (Å²) < 4.78 is 6.19. The highest BCUT2D eigenvalue weighted by molar-refractivity contribution is 5.92. The van der Waals surface area contributed by atoms with Crippen molar-refractivity contribution in [3.63, 3.8) is 0 Å². The molecule has 0 saturated heterocycles. The van der Waals surface area contributed by atoms with E-state index in [2.05, 4.69) is 30.5 Å². The quantitative estimate of drug-likeness (QED) is 0.696. The maximum absolute atomic E-state index is 13.0. The number of rotatable bonds is 4. The van der Waals surface area contributed by atoms with Gasteiger partial charge in [0, 0.05) is 17.9 Å². The van der Waals surface area contributed by atoms with Crippen LogP contribution in [0.25, 0.3) is 11.6 Å². The summed E-state index contributed by atoms with van der Waals surface area (Å²) in [6.45, 7) is 1.85. The molecule has 2 unspecified atom stereocenters. The summed E-state index contributed by atoms with van der Waals surface area (Å²) in [6, 6.07) is 5.65. The number of amides is 1. The van der Waals surface area contributed by atoms with Crippen LogP contribution in [0, 0.1) is 18.8 Å². The predicted molar refractivity (Wildman–Crippen MR) is 111 cm³/mol. The maximum Gasteiger partial charge on any atom is 0.271 e. The van der Waals surface area contributed by atoms with Gasteiger partial charge in [0.2, 0.25) is 5.89 Å². The zero-order valence-corrected chi connectivity index (χ0v) is 17.4. The zero-order valence-electron chi connectivity index (χ0n) is 17.4. The molecule has 0 aromatic carbocycles. The van der Waals surface area contributed by atoms with Gasteiger partial charge in [-0.15, -0.1) is 10.2 Å². The van der Waals surface area contributed by atoms with Crippen LogP contribution < -0.4 is 5.32 Å². The van der Waals surface area contributed by atoms with E-state index in [-0.39, 0.29) is 16.9 Å². The molecule has 31 heavy (non-hydrogen) atoms. The van der Waals surface area contributed by atoms with Gasteiger partial charge in [0.15, 0.2) is 0 Å². The highest BCUT2D eigenvalue weighted by Crippen LogP contribution is 2.62. The summed E-state index contributed by atoms with van der Waals surface area (Å²) in [6.07, 6.45) is 11.0. The normalized spacial score (nSPS) is 31.0. The Bertz CT molecular complexity index is 1130. The van der Waals surface area contributed by atoms with Crippen LogP contribution >= 0.6 is 0 Å². The first kappa shape index (κ1) is 18.6. The molecule has 4 saturated carbocycles. The largest absolute Gasteiger partial charge is 0.419 e. The van der Waals surface area contributed by atoms with Crippen molar-refractivity contribution >= 4 is 5.91 Å². The average molecular weight is 416 g/mol. The van der Waals surface area contributed by atoms with E-state index in [0.717, 1.165) is 37.8 Å². The molecule has 0 aliphatic heterocycles.